The molecule has 2 rings (SSSR count). The molecule has 4 N–H and O–H groups in total. The number of benzene rings is 2. The van der Waals surface area contributed by atoms with Crippen LogP contribution in [-0.2, 0) is 14.8 Å². The number of sulfonamides is 1. The summed E-state index contributed by atoms with van der Waals surface area (Å²) in [7, 11) is -3.86. The molecule has 0 aliphatic heterocycles. The van der Waals surface area contributed by atoms with E-state index in [1.807, 2.05) is 0 Å². The third-order valence-corrected chi connectivity index (χ3v) is 4.37. The Morgan fingerprint density at radius 2 is 1.88 bits per heavy atom. The zero-order valence-corrected chi connectivity index (χ0v) is 14.1. The molecule has 0 saturated heterocycles. The van der Waals surface area contributed by atoms with Crippen LogP contribution in [0.25, 0.3) is 0 Å². The maximum Gasteiger partial charge on any atom is 0.238 e. The van der Waals surface area contributed by atoms with Gasteiger partial charge in [-0.25, -0.2) is 22.3 Å². The van der Waals surface area contributed by atoms with E-state index in [9.17, 15) is 22.0 Å². The molecular formula is C16H17F2N3O3S. The molecule has 0 spiro atoms. The lowest BCUT2D eigenvalue weighted by Gasteiger charge is -2.14. The highest BCUT2D eigenvalue weighted by atomic mass is 32.2. The Morgan fingerprint density at radius 1 is 1.16 bits per heavy atom. The van der Waals surface area contributed by atoms with Crippen LogP contribution in [0.2, 0.25) is 0 Å². The highest BCUT2D eigenvalue weighted by Crippen LogP contribution is 2.16. The molecule has 2 aromatic rings. The van der Waals surface area contributed by atoms with Crippen molar-refractivity contribution in [1.29, 1.82) is 0 Å². The van der Waals surface area contributed by atoms with Crippen LogP contribution in [0.15, 0.2) is 47.4 Å². The number of halogens is 2. The van der Waals surface area contributed by atoms with Crippen molar-refractivity contribution in [2.45, 2.75) is 17.9 Å². The van der Waals surface area contributed by atoms with Gasteiger partial charge in [0.1, 0.15) is 0 Å². The average Bonchev–Trinajstić information content (AvgIpc) is 2.54. The Morgan fingerprint density at radius 3 is 2.52 bits per heavy atom. The summed E-state index contributed by atoms with van der Waals surface area (Å²) in [6, 6.07) is 8.63. The number of nitrogens with one attached hydrogen (secondary N) is 2. The van der Waals surface area contributed by atoms with Crippen LogP contribution < -0.4 is 15.8 Å². The van der Waals surface area contributed by atoms with Gasteiger partial charge in [-0.1, -0.05) is 12.1 Å². The van der Waals surface area contributed by atoms with Crippen LogP contribution in [-0.4, -0.2) is 20.9 Å². The van der Waals surface area contributed by atoms with Crippen molar-refractivity contribution < 1.29 is 22.0 Å². The van der Waals surface area contributed by atoms with E-state index in [1.54, 1.807) is 6.92 Å². The summed E-state index contributed by atoms with van der Waals surface area (Å²) in [5, 5.41) is 10.4. The molecule has 0 aromatic heterocycles. The highest BCUT2D eigenvalue weighted by molar-refractivity contribution is 7.89. The van der Waals surface area contributed by atoms with Crippen molar-refractivity contribution in [3.63, 3.8) is 0 Å². The monoisotopic (exact) mass is 369 g/mol. The lowest BCUT2D eigenvalue weighted by atomic mass is 10.1. The van der Waals surface area contributed by atoms with E-state index in [1.165, 1.54) is 30.3 Å². The van der Waals surface area contributed by atoms with Gasteiger partial charge in [-0.3, -0.25) is 4.79 Å². The lowest BCUT2D eigenvalue weighted by Crippen LogP contribution is -2.30. The van der Waals surface area contributed by atoms with Gasteiger partial charge in [0.2, 0.25) is 15.9 Å². The van der Waals surface area contributed by atoms with E-state index in [4.69, 9.17) is 5.14 Å². The highest BCUT2D eigenvalue weighted by Gasteiger charge is 2.12. The Hall–Kier alpha value is -2.36. The topological polar surface area (TPSA) is 101 Å². The molecule has 1 atom stereocenters. The van der Waals surface area contributed by atoms with Gasteiger partial charge >= 0.3 is 0 Å². The van der Waals surface area contributed by atoms with Gasteiger partial charge in [0.25, 0.3) is 0 Å². The van der Waals surface area contributed by atoms with Crippen LogP contribution in [0.3, 0.4) is 0 Å². The predicted octanol–water partition coefficient (Wildman–Crippen LogP) is 1.90. The van der Waals surface area contributed by atoms with Gasteiger partial charge in [0, 0.05) is 11.7 Å². The van der Waals surface area contributed by atoms with E-state index >= 15 is 0 Å². The number of hydrogen-bond acceptors (Lipinski definition) is 4. The Kier molecular flexibility index (Phi) is 5.83. The summed E-state index contributed by atoms with van der Waals surface area (Å²) in [5.41, 5.74) is 0.765. The van der Waals surface area contributed by atoms with Crippen LogP contribution in [0.5, 0.6) is 0 Å². The smallest absolute Gasteiger partial charge is 0.238 e. The van der Waals surface area contributed by atoms with Crippen LogP contribution in [0.1, 0.15) is 18.5 Å². The van der Waals surface area contributed by atoms with Crippen LogP contribution in [0, 0.1) is 11.6 Å². The maximum atomic E-state index is 13.2. The molecule has 0 radical (unpaired) electrons. The molecule has 1 amide bonds. The van der Waals surface area contributed by atoms with E-state index in [-0.39, 0.29) is 17.1 Å². The molecule has 0 heterocycles. The summed E-state index contributed by atoms with van der Waals surface area (Å²) >= 11 is 0. The van der Waals surface area contributed by atoms with E-state index in [0.29, 0.717) is 5.56 Å². The molecular weight excluding hydrogens is 352 g/mol. The summed E-state index contributed by atoms with van der Waals surface area (Å²) in [6.45, 7) is 1.58. The molecule has 2 aromatic carbocycles. The first-order valence-corrected chi connectivity index (χ1v) is 8.82. The van der Waals surface area contributed by atoms with Gasteiger partial charge < -0.3 is 10.6 Å². The Bertz CT molecular complexity index is 888. The molecule has 9 heteroatoms. The number of primary sulfonamides is 1. The summed E-state index contributed by atoms with van der Waals surface area (Å²) in [6.07, 6.45) is 0. The van der Waals surface area contributed by atoms with Crippen molar-refractivity contribution >= 4 is 21.6 Å². The summed E-state index contributed by atoms with van der Waals surface area (Å²) < 4.78 is 48.7. The van der Waals surface area contributed by atoms with Gasteiger partial charge in [0.15, 0.2) is 11.6 Å². The Labute approximate surface area is 144 Å². The molecule has 25 heavy (non-hydrogen) atoms. The quantitative estimate of drug-likeness (QED) is 0.724. The van der Waals surface area contributed by atoms with E-state index < -0.39 is 33.6 Å². The molecule has 6 nitrogen and oxygen atoms in total. The standard InChI is InChI=1S/C16H17F2N3O3S/c1-10(11-5-6-14(17)15(18)7-11)20-9-16(22)21-12-3-2-4-13(8-12)25(19,23)24/h2-8,10,20H,9H2,1H3,(H,21,22)(H2,19,23,24)/t10-/m1/s1. The molecule has 0 bridgehead atoms. The second-order valence-corrected chi connectivity index (χ2v) is 6.96. The predicted molar refractivity (Wildman–Crippen MR) is 89.2 cm³/mol. The molecule has 0 aliphatic carbocycles. The molecule has 0 fully saturated rings. The number of nitrogens with two attached hydrogens (primary N) is 1. The Balaban J connectivity index is 1.95. The minimum atomic E-state index is -3.86. The van der Waals surface area contributed by atoms with Gasteiger partial charge in [-0.05, 0) is 42.8 Å². The minimum Gasteiger partial charge on any atom is -0.325 e. The van der Waals surface area contributed by atoms with Crippen LogP contribution >= 0.6 is 0 Å². The number of anilines is 1. The zero-order chi connectivity index (χ0) is 18.6. The lowest BCUT2D eigenvalue weighted by molar-refractivity contribution is -0.115. The number of rotatable bonds is 6. The van der Waals surface area contributed by atoms with Crippen molar-refractivity contribution in [3.8, 4) is 0 Å². The fraction of sp³-hybridized carbons (Fsp3) is 0.188. The first-order valence-electron chi connectivity index (χ1n) is 7.28. The van der Waals surface area contributed by atoms with Gasteiger partial charge in [-0.15, -0.1) is 0 Å². The molecule has 134 valence electrons. The first-order chi connectivity index (χ1) is 11.7. The second kappa shape index (κ2) is 7.68. The van der Waals surface area contributed by atoms with Crippen molar-refractivity contribution in [1.82, 2.24) is 5.32 Å². The van der Waals surface area contributed by atoms with E-state index in [2.05, 4.69) is 10.6 Å². The SMILES string of the molecule is C[C@@H](NCC(=O)Nc1cccc(S(N)(=O)=O)c1)c1ccc(F)c(F)c1. The zero-order valence-electron chi connectivity index (χ0n) is 13.3. The van der Waals surface area contributed by atoms with Gasteiger partial charge in [0.05, 0.1) is 11.4 Å². The van der Waals surface area contributed by atoms with Gasteiger partial charge in [-0.2, -0.15) is 0 Å². The van der Waals surface area contributed by atoms with Crippen molar-refractivity contribution in [2.75, 3.05) is 11.9 Å². The van der Waals surface area contributed by atoms with Crippen molar-refractivity contribution in [3.05, 3.63) is 59.7 Å². The normalized spacial score (nSPS) is 12.6. The maximum absolute atomic E-state index is 13.2. The molecule has 0 unspecified atom stereocenters. The summed E-state index contributed by atoms with van der Waals surface area (Å²) in [4.78, 5) is 11.8. The van der Waals surface area contributed by atoms with Crippen LogP contribution in [0.4, 0.5) is 14.5 Å². The third kappa shape index (κ3) is 5.31. The minimum absolute atomic E-state index is 0.111. The number of amides is 1. The third-order valence-electron chi connectivity index (χ3n) is 3.46. The number of carbonyl (C=O) groups is 1. The molecule has 0 saturated carbocycles. The fourth-order valence-electron chi connectivity index (χ4n) is 2.10. The number of hydrogen-bond donors (Lipinski definition) is 3. The number of carbonyl (C=O) groups excluding carboxylic acids is 1. The average molecular weight is 369 g/mol. The summed E-state index contributed by atoms with van der Waals surface area (Å²) in [5.74, 6) is -2.33. The molecule has 0 aliphatic rings. The fourth-order valence-corrected chi connectivity index (χ4v) is 2.66. The van der Waals surface area contributed by atoms with E-state index in [0.717, 1.165) is 12.1 Å². The largest absolute Gasteiger partial charge is 0.325 e. The van der Waals surface area contributed by atoms with Crippen molar-refractivity contribution in [2.24, 2.45) is 5.14 Å². The second-order valence-electron chi connectivity index (χ2n) is 5.40. The first kappa shape index (κ1) is 19.0.